The second-order valence-electron chi connectivity index (χ2n) is 5.52. The first-order chi connectivity index (χ1) is 7.28. The quantitative estimate of drug-likeness (QED) is 0.655. The van der Waals surface area contributed by atoms with Crippen molar-refractivity contribution in [3.8, 4) is 0 Å². The predicted octanol–water partition coefficient (Wildman–Crippen LogP) is 4.10. The van der Waals surface area contributed by atoms with Crippen molar-refractivity contribution < 1.29 is 4.80 Å². The Labute approximate surface area is 108 Å². The molecule has 0 aromatic heterocycles. The molecule has 0 aliphatic carbocycles. The number of hydrogen-bond acceptors (Lipinski definition) is 1. The highest BCUT2D eigenvalue weighted by molar-refractivity contribution is 9.08. The third-order valence-electron chi connectivity index (χ3n) is 3.55. The molecule has 1 rings (SSSR count). The van der Waals surface area contributed by atoms with E-state index in [4.69, 9.17) is 0 Å². The fraction of sp³-hybridized carbons (Fsp3) is 0.538. The van der Waals surface area contributed by atoms with Crippen LogP contribution in [0.1, 0.15) is 25.0 Å². The Morgan fingerprint density at radius 1 is 1.19 bits per heavy atom. The number of hydrogen-bond donors (Lipinski definition) is 1. The van der Waals surface area contributed by atoms with Crippen molar-refractivity contribution in [3.63, 3.8) is 0 Å². The molecule has 0 saturated carbocycles. The SMILES string of the molecule is CC(C)(Cc1ccccc1CBr)[Si](C)(C)O. The summed E-state index contributed by atoms with van der Waals surface area (Å²) in [7, 11) is -2.12. The van der Waals surface area contributed by atoms with Crippen molar-refractivity contribution in [2.45, 2.75) is 43.7 Å². The van der Waals surface area contributed by atoms with E-state index in [0.717, 1.165) is 11.8 Å². The molecule has 0 heterocycles. The summed E-state index contributed by atoms with van der Waals surface area (Å²) in [5.74, 6) is 0. The summed E-state index contributed by atoms with van der Waals surface area (Å²) >= 11 is 3.52. The molecule has 0 saturated heterocycles. The van der Waals surface area contributed by atoms with Crippen LogP contribution in [0.4, 0.5) is 0 Å². The third-order valence-corrected chi connectivity index (χ3v) is 7.64. The number of alkyl halides is 1. The smallest absolute Gasteiger partial charge is 0.188 e. The Balaban J connectivity index is 2.96. The van der Waals surface area contributed by atoms with Gasteiger partial charge < -0.3 is 4.80 Å². The van der Waals surface area contributed by atoms with Gasteiger partial charge in [0.1, 0.15) is 0 Å². The molecule has 0 bridgehead atoms. The molecule has 0 radical (unpaired) electrons. The highest BCUT2D eigenvalue weighted by Crippen LogP contribution is 2.39. The van der Waals surface area contributed by atoms with E-state index in [9.17, 15) is 4.80 Å². The second kappa shape index (κ2) is 5.03. The van der Waals surface area contributed by atoms with Crippen LogP contribution in [-0.2, 0) is 11.8 Å². The molecule has 1 nitrogen and oxygen atoms in total. The molecule has 0 aliphatic heterocycles. The Morgan fingerprint density at radius 2 is 1.69 bits per heavy atom. The van der Waals surface area contributed by atoms with E-state index in [2.05, 4.69) is 54.0 Å². The first-order valence-corrected chi connectivity index (χ1v) is 9.70. The van der Waals surface area contributed by atoms with E-state index in [-0.39, 0.29) is 5.04 Å². The molecule has 0 aliphatic rings. The molecule has 90 valence electrons. The molecule has 0 atom stereocenters. The molecule has 0 unspecified atom stereocenters. The van der Waals surface area contributed by atoms with Gasteiger partial charge in [-0.1, -0.05) is 54.0 Å². The van der Waals surface area contributed by atoms with Gasteiger partial charge in [0.25, 0.3) is 0 Å². The fourth-order valence-electron chi connectivity index (χ4n) is 1.55. The van der Waals surface area contributed by atoms with Crippen LogP contribution in [0.15, 0.2) is 24.3 Å². The summed E-state index contributed by atoms with van der Waals surface area (Å²) in [6.07, 6.45) is 0.949. The van der Waals surface area contributed by atoms with Gasteiger partial charge >= 0.3 is 0 Å². The number of halogens is 1. The van der Waals surface area contributed by atoms with Crippen molar-refractivity contribution in [2.24, 2.45) is 0 Å². The van der Waals surface area contributed by atoms with Crippen molar-refractivity contribution in [1.82, 2.24) is 0 Å². The van der Waals surface area contributed by atoms with Gasteiger partial charge in [-0.3, -0.25) is 0 Å². The Bertz CT molecular complexity index is 355. The average molecular weight is 301 g/mol. The molecule has 0 spiro atoms. The lowest BCUT2D eigenvalue weighted by Gasteiger charge is -2.35. The van der Waals surface area contributed by atoms with Gasteiger partial charge in [-0.2, -0.15) is 0 Å². The monoisotopic (exact) mass is 300 g/mol. The van der Waals surface area contributed by atoms with Crippen LogP contribution in [0.25, 0.3) is 0 Å². The van der Waals surface area contributed by atoms with Crippen LogP contribution >= 0.6 is 15.9 Å². The van der Waals surface area contributed by atoms with Crippen LogP contribution in [0.5, 0.6) is 0 Å². The Morgan fingerprint density at radius 3 is 2.12 bits per heavy atom. The van der Waals surface area contributed by atoms with Crippen molar-refractivity contribution in [1.29, 1.82) is 0 Å². The van der Waals surface area contributed by atoms with Gasteiger partial charge in [-0.25, -0.2) is 0 Å². The van der Waals surface area contributed by atoms with Gasteiger partial charge in [0, 0.05) is 5.33 Å². The summed E-state index contributed by atoms with van der Waals surface area (Å²) in [4.78, 5) is 10.3. The predicted molar refractivity (Wildman–Crippen MR) is 76.5 cm³/mol. The normalized spacial score (nSPS) is 12.9. The lowest BCUT2D eigenvalue weighted by atomic mass is 9.98. The summed E-state index contributed by atoms with van der Waals surface area (Å²) in [5, 5.41) is 0.887. The van der Waals surface area contributed by atoms with E-state index in [0.29, 0.717) is 0 Å². The zero-order chi connectivity index (χ0) is 12.4. The van der Waals surface area contributed by atoms with E-state index in [1.165, 1.54) is 11.1 Å². The van der Waals surface area contributed by atoms with Gasteiger partial charge in [0.2, 0.25) is 0 Å². The third kappa shape index (κ3) is 3.19. The highest BCUT2D eigenvalue weighted by atomic mass is 79.9. The zero-order valence-electron chi connectivity index (χ0n) is 10.5. The van der Waals surface area contributed by atoms with Gasteiger partial charge in [0.05, 0.1) is 0 Å². The van der Waals surface area contributed by atoms with Crippen molar-refractivity contribution in [2.75, 3.05) is 0 Å². The maximum atomic E-state index is 10.3. The van der Waals surface area contributed by atoms with Crippen LogP contribution < -0.4 is 0 Å². The van der Waals surface area contributed by atoms with E-state index >= 15 is 0 Å². The Hall–Kier alpha value is -0.123. The standard InChI is InChI=1S/C13H21BrOSi/c1-13(2,16(3,4)15)9-11-7-5-6-8-12(11)10-14/h5-8,15H,9-10H2,1-4H3. The minimum Gasteiger partial charge on any atom is -0.432 e. The zero-order valence-corrected chi connectivity index (χ0v) is 13.1. The van der Waals surface area contributed by atoms with Gasteiger partial charge in [-0.05, 0) is 35.7 Å². The van der Waals surface area contributed by atoms with E-state index in [1.54, 1.807) is 0 Å². The van der Waals surface area contributed by atoms with E-state index < -0.39 is 8.32 Å². The Kier molecular flexibility index (Phi) is 4.38. The molecule has 3 heteroatoms. The van der Waals surface area contributed by atoms with Crippen molar-refractivity contribution in [3.05, 3.63) is 35.4 Å². The first-order valence-electron chi connectivity index (χ1n) is 5.63. The van der Waals surface area contributed by atoms with Crippen LogP contribution in [0, 0.1) is 0 Å². The van der Waals surface area contributed by atoms with Crippen molar-refractivity contribution >= 4 is 24.2 Å². The lowest BCUT2D eigenvalue weighted by molar-refractivity contribution is 0.467. The summed E-state index contributed by atoms with van der Waals surface area (Å²) < 4.78 is 0. The lowest BCUT2D eigenvalue weighted by Crippen LogP contribution is -2.40. The second-order valence-corrected chi connectivity index (χ2v) is 10.6. The largest absolute Gasteiger partial charge is 0.432 e. The molecular formula is C13H21BrOSi. The molecule has 1 aromatic rings. The molecule has 0 fully saturated rings. The fourth-order valence-corrected chi connectivity index (χ4v) is 2.72. The molecule has 0 amide bonds. The van der Waals surface area contributed by atoms with Crippen LogP contribution in [0.3, 0.4) is 0 Å². The minimum absolute atomic E-state index is 0.00523. The number of benzene rings is 1. The highest BCUT2D eigenvalue weighted by Gasteiger charge is 2.38. The summed E-state index contributed by atoms with van der Waals surface area (Å²) in [6, 6.07) is 8.45. The minimum atomic E-state index is -2.12. The molecule has 1 aromatic carbocycles. The summed E-state index contributed by atoms with van der Waals surface area (Å²) in [6.45, 7) is 8.38. The van der Waals surface area contributed by atoms with Gasteiger partial charge in [-0.15, -0.1) is 0 Å². The number of rotatable bonds is 4. The molecule has 1 N–H and O–H groups in total. The van der Waals surface area contributed by atoms with Gasteiger partial charge in [0.15, 0.2) is 8.32 Å². The molecular weight excluding hydrogens is 280 g/mol. The average Bonchev–Trinajstić information content (AvgIpc) is 2.16. The van der Waals surface area contributed by atoms with E-state index in [1.807, 2.05) is 13.1 Å². The maximum Gasteiger partial charge on any atom is 0.188 e. The van der Waals surface area contributed by atoms with Crippen LogP contribution in [0.2, 0.25) is 18.1 Å². The summed E-state index contributed by atoms with van der Waals surface area (Å²) in [5.41, 5.74) is 2.67. The molecule has 16 heavy (non-hydrogen) atoms. The maximum absolute atomic E-state index is 10.3. The topological polar surface area (TPSA) is 20.2 Å². The first kappa shape index (κ1) is 13.9. The van der Waals surface area contributed by atoms with Crippen LogP contribution in [-0.4, -0.2) is 13.1 Å².